The van der Waals surface area contributed by atoms with Gasteiger partial charge in [0.2, 0.25) is 0 Å². The molecule has 3 nitrogen and oxygen atoms in total. The Bertz CT molecular complexity index is 740. The van der Waals surface area contributed by atoms with Crippen molar-refractivity contribution in [3.05, 3.63) is 71.2 Å². The van der Waals surface area contributed by atoms with Gasteiger partial charge < -0.3 is 5.73 Å². The molecular formula is C17H17N3. The Balaban J connectivity index is 2.15. The third kappa shape index (κ3) is 2.28. The molecule has 0 radical (unpaired) electrons. The van der Waals surface area contributed by atoms with Crippen LogP contribution in [0.25, 0.3) is 10.9 Å². The van der Waals surface area contributed by atoms with Gasteiger partial charge in [-0.2, -0.15) is 0 Å². The van der Waals surface area contributed by atoms with E-state index < -0.39 is 0 Å². The summed E-state index contributed by atoms with van der Waals surface area (Å²) in [6.07, 6.45) is 1.81. The normalized spacial score (nSPS) is 12.6. The van der Waals surface area contributed by atoms with Crippen LogP contribution in [0.5, 0.6) is 0 Å². The van der Waals surface area contributed by atoms with Gasteiger partial charge in [-0.1, -0.05) is 24.3 Å². The zero-order chi connectivity index (χ0) is 14.1. The van der Waals surface area contributed by atoms with E-state index in [1.54, 1.807) is 0 Å². The maximum Gasteiger partial charge on any atom is 0.0753 e. The summed E-state index contributed by atoms with van der Waals surface area (Å²) in [6, 6.07) is 14.0. The van der Waals surface area contributed by atoms with Crippen LogP contribution in [0.2, 0.25) is 0 Å². The van der Waals surface area contributed by atoms with Gasteiger partial charge in [-0.3, -0.25) is 9.97 Å². The summed E-state index contributed by atoms with van der Waals surface area (Å²) < 4.78 is 0. The SMILES string of the molecule is Cc1cc(C(N)c2cccc3cccnc23)cc(C)n1. The van der Waals surface area contributed by atoms with Gasteiger partial charge in [-0.15, -0.1) is 0 Å². The molecule has 0 spiro atoms. The second-order valence-electron chi connectivity index (χ2n) is 5.08. The lowest BCUT2D eigenvalue weighted by molar-refractivity contribution is 0.865. The minimum absolute atomic E-state index is 0.186. The van der Waals surface area contributed by atoms with Crippen LogP contribution >= 0.6 is 0 Å². The first kappa shape index (κ1) is 12.8. The quantitative estimate of drug-likeness (QED) is 0.771. The summed E-state index contributed by atoms with van der Waals surface area (Å²) in [7, 11) is 0. The highest BCUT2D eigenvalue weighted by molar-refractivity contribution is 5.82. The summed E-state index contributed by atoms with van der Waals surface area (Å²) >= 11 is 0. The van der Waals surface area contributed by atoms with Crippen molar-refractivity contribution in [2.24, 2.45) is 5.73 Å². The fraction of sp³-hybridized carbons (Fsp3) is 0.176. The number of hydrogen-bond acceptors (Lipinski definition) is 3. The predicted octanol–water partition coefficient (Wildman–Crippen LogP) is 3.29. The average molecular weight is 263 g/mol. The fourth-order valence-corrected chi connectivity index (χ4v) is 2.60. The molecule has 2 aromatic heterocycles. The largest absolute Gasteiger partial charge is 0.320 e. The highest BCUT2D eigenvalue weighted by atomic mass is 14.7. The van der Waals surface area contributed by atoms with Crippen molar-refractivity contribution in [3.63, 3.8) is 0 Å². The first-order chi connectivity index (χ1) is 9.65. The van der Waals surface area contributed by atoms with E-state index >= 15 is 0 Å². The maximum absolute atomic E-state index is 6.45. The van der Waals surface area contributed by atoms with Gasteiger partial charge in [-0.25, -0.2) is 0 Å². The number of hydrogen-bond donors (Lipinski definition) is 1. The highest BCUT2D eigenvalue weighted by Crippen LogP contribution is 2.26. The molecule has 0 fully saturated rings. The molecule has 2 heterocycles. The number of pyridine rings is 2. The molecule has 1 unspecified atom stereocenters. The topological polar surface area (TPSA) is 51.8 Å². The first-order valence-corrected chi connectivity index (χ1v) is 6.69. The van der Waals surface area contributed by atoms with E-state index in [1.165, 1.54) is 0 Å². The Labute approximate surface area is 118 Å². The van der Waals surface area contributed by atoms with Crippen LogP contribution in [-0.4, -0.2) is 9.97 Å². The lowest BCUT2D eigenvalue weighted by Gasteiger charge is -2.15. The lowest BCUT2D eigenvalue weighted by Crippen LogP contribution is -2.13. The smallest absolute Gasteiger partial charge is 0.0753 e. The van der Waals surface area contributed by atoms with Gasteiger partial charge in [0.05, 0.1) is 11.6 Å². The van der Waals surface area contributed by atoms with Crippen molar-refractivity contribution in [3.8, 4) is 0 Å². The van der Waals surface area contributed by atoms with Crippen molar-refractivity contribution in [2.45, 2.75) is 19.9 Å². The minimum atomic E-state index is -0.186. The van der Waals surface area contributed by atoms with Crippen molar-refractivity contribution in [1.82, 2.24) is 9.97 Å². The van der Waals surface area contributed by atoms with Crippen LogP contribution < -0.4 is 5.73 Å². The molecule has 0 saturated carbocycles. The summed E-state index contributed by atoms with van der Waals surface area (Å²) in [5.41, 5.74) is 11.5. The third-order valence-corrected chi connectivity index (χ3v) is 3.46. The summed E-state index contributed by atoms with van der Waals surface area (Å²) in [5.74, 6) is 0. The molecule has 0 aliphatic carbocycles. The Hall–Kier alpha value is -2.26. The van der Waals surface area contributed by atoms with E-state index in [-0.39, 0.29) is 6.04 Å². The number of fused-ring (bicyclic) bond motifs is 1. The number of aromatic nitrogens is 2. The summed E-state index contributed by atoms with van der Waals surface area (Å²) in [5, 5.41) is 1.11. The van der Waals surface area contributed by atoms with Gasteiger partial charge in [0.1, 0.15) is 0 Å². The minimum Gasteiger partial charge on any atom is -0.320 e. The number of rotatable bonds is 2. The third-order valence-electron chi connectivity index (χ3n) is 3.46. The van der Waals surface area contributed by atoms with Crippen LogP contribution in [0, 0.1) is 13.8 Å². The number of nitrogens with two attached hydrogens (primary N) is 1. The Morgan fingerprint density at radius 1 is 1.00 bits per heavy atom. The van der Waals surface area contributed by atoms with E-state index in [2.05, 4.69) is 22.1 Å². The van der Waals surface area contributed by atoms with Crippen LogP contribution in [0.4, 0.5) is 0 Å². The fourth-order valence-electron chi connectivity index (χ4n) is 2.60. The van der Waals surface area contributed by atoms with E-state index in [4.69, 9.17) is 5.73 Å². The van der Waals surface area contributed by atoms with Gasteiger partial charge in [0.15, 0.2) is 0 Å². The summed E-state index contributed by atoms with van der Waals surface area (Å²) in [6.45, 7) is 3.98. The van der Waals surface area contributed by atoms with Crippen LogP contribution in [0.1, 0.15) is 28.6 Å². The number of nitrogens with zero attached hydrogens (tertiary/aromatic N) is 2. The van der Waals surface area contributed by atoms with Gasteiger partial charge in [0, 0.05) is 23.0 Å². The number of benzene rings is 1. The monoisotopic (exact) mass is 263 g/mol. The molecule has 20 heavy (non-hydrogen) atoms. The van der Waals surface area contributed by atoms with Crippen molar-refractivity contribution in [1.29, 1.82) is 0 Å². The molecular weight excluding hydrogens is 246 g/mol. The Morgan fingerprint density at radius 2 is 1.70 bits per heavy atom. The molecule has 0 bridgehead atoms. The van der Waals surface area contributed by atoms with E-state index in [1.807, 2.05) is 50.4 Å². The Kier molecular flexibility index (Phi) is 3.20. The molecule has 0 aliphatic rings. The molecule has 1 aromatic carbocycles. The zero-order valence-electron chi connectivity index (χ0n) is 11.7. The molecule has 0 amide bonds. The molecule has 2 N–H and O–H groups in total. The van der Waals surface area contributed by atoms with E-state index in [0.29, 0.717) is 0 Å². The second kappa shape index (κ2) is 5.02. The molecule has 1 atom stereocenters. The number of para-hydroxylation sites is 1. The Morgan fingerprint density at radius 3 is 2.45 bits per heavy atom. The van der Waals surface area contributed by atoms with Crippen LogP contribution in [-0.2, 0) is 0 Å². The van der Waals surface area contributed by atoms with Crippen molar-refractivity contribution in [2.75, 3.05) is 0 Å². The first-order valence-electron chi connectivity index (χ1n) is 6.69. The molecule has 3 heteroatoms. The van der Waals surface area contributed by atoms with Crippen LogP contribution in [0.3, 0.4) is 0 Å². The standard InChI is InChI=1S/C17H17N3/c1-11-9-14(10-12(2)20-11)16(18)15-7-3-5-13-6-4-8-19-17(13)15/h3-10,16H,18H2,1-2H3. The number of aryl methyl sites for hydroxylation is 2. The summed E-state index contributed by atoms with van der Waals surface area (Å²) in [4.78, 5) is 8.88. The highest BCUT2D eigenvalue weighted by Gasteiger charge is 2.13. The van der Waals surface area contributed by atoms with Crippen molar-refractivity contribution < 1.29 is 0 Å². The molecule has 0 aliphatic heterocycles. The van der Waals surface area contributed by atoms with E-state index in [0.717, 1.165) is 33.4 Å². The second-order valence-corrected chi connectivity index (χ2v) is 5.08. The van der Waals surface area contributed by atoms with Crippen molar-refractivity contribution >= 4 is 10.9 Å². The molecule has 3 rings (SSSR count). The van der Waals surface area contributed by atoms with Gasteiger partial charge in [-0.05, 0) is 43.2 Å². The van der Waals surface area contributed by atoms with Crippen LogP contribution in [0.15, 0.2) is 48.7 Å². The maximum atomic E-state index is 6.45. The molecule has 0 saturated heterocycles. The molecule has 100 valence electrons. The van der Waals surface area contributed by atoms with Gasteiger partial charge >= 0.3 is 0 Å². The predicted molar refractivity (Wildman–Crippen MR) is 81.5 cm³/mol. The zero-order valence-corrected chi connectivity index (χ0v) is 11.7. The average Bonchev–Trinajstić information content (AvgIpc) is 2.45. The van der Waals surface area contributed by atoms with Gasteiger partial charge in [0.25, 0.3) is 0 Å². The van der Waals surface area contributed by atoms with E-state index in [9.17, 15) is 0 Å². The lowest BCUT2D eigenvalue weighted by atomic mass is 9.96. The molecule has 3 aromatic rings.